The number of carbonyl (C=O) groups excluding carboxylic acids is 1. The molecule has 98 valence electrons. The van der Waals surface area contributed by atoms with Gasteiger partial charge in [-0.3, -0.25) is 9.63 Å². The number of nitrogens with one attached hydrogen (secondary N) is 1. The van der Waals surface area contributed by atoms with Crippen molar-refractivity contribution in [3.05, 3.63) is 54.1 Å². The van der Waals surface area contributed by atoms with Gasteiger partial charge in [0, 0.05) is 0 Å². The second kappa shape index (κ2) is 6.02. The van der Waals surface area contributed by atoms with Gasteiger partial charge in [-0.25, -0.2) is 5.48 Å². The molecule has 0 saturated heterocycles. The summed E-state index contributed by atoms with van der Waals surface area (Å²) in [7, 11) is 2.92. The predicted molar refractivity (Wildman–Crippen MR) is 72.9 cm³/mol. The first-order valence-electron chi connectivity index (χ1n) is 5.83. The van der Waals surface area contributed by atoms with Gasteiger partial charge in [-0.05, 0) is 23.3 Å². The molecule has 0 aliphatic heterocycles. The Balaban J connectivity index is 2.44. The van der Waals surface area contributed by atoms with E-state index in [2.05, 4.69) is 10.3 Å². The zero-order valence-corrected chi connectivity index (χ0v) is 10.8. The standard InChI is InChI=1S/C15H15NO3/c1-18-14-9-8-12(11-6-4-3-5-7-11)10-13(14)15(17)16-19-2/h3-10H,1-2H3,(H,16,17). The van der Waals surface area contributed by atoms with E-state index in [0.717, 1.165) is 11.1 Å². The first-order chi connectivity index (χ1) is 9.26. The number of carbonyl (C=O) groups is 1. The molecular formula is C15H15NO3. The normalized spacial score (nSPS) is 10.0. The number of hydrogen-bond acceptors (Lipinski definition) is 3. The summed E-state index contributed by atoms with van der Waals surface area (Å²) in [5.74, 6) is 0.173. The lowest BCUT2D eigenvalue weighted by molar-refractivity contribution is 0.0535. The Bertz CT molecular complexity index is 567. The van der Waals surface area contributed by atoms with Crippen molar-refractivity contribution in [3.63, 3.8) is 0 Å². The highest BCUT2D eigenvalue weighted by atomic mass is 16.6. The van der Waals surface area contributed by atoms with Crippen molar-refractivity contribution >= 4 is 5.91 Å². The Morgan fingerprint density at radius 3 is 2.37 bits per heavy atom. The molecule has 1 N–H and O–H groups in total. The Morgan fingerprint density at radius 1 is 1.00 bits per heavy atom. The number of methoxy groups -OCH3 is 1. The molecule has 19 heavy (non-hydrogen) atoms. The fourth-order valence-electron chi connectivity index (χ4n) is 1.84. The van der Waals surface area contributed by atoms with Gasteiger partial charge >= 0.3 is 0 Å². The van der Waals surface area contributed by atoms with Crippen molar-refractivity contribution in [3.8, 4) is 16.9 Å². The molecule has 2 aromatic rings. The molecule has 1 amide bonds. The number of benzene rings is 2. The highest BCUT2D eigenvalue weighted by molar-refractivity contribution is 5.97. The van der Waals surface area contributed by atoms with Crippen molar-refractivity contribution in [1.82, 2.24) is 5.48 Å². The molecule has 0 heterocycles. The minimum absolute atomic E-state index is 0.336. The lowest BCUT2D eigenvalue weighted by atomic mass is 10.0. The van der Waals surface area contributed by atoms with Gasteiger partial charge < -0.3 is 4.74 Å². The van der Waals surface area contributed by atoms with Crippen LogP contribution in [-0.2, 0) is 4.84 Å². The molecule has 2 rings (SSSR count). The van der Waals surface area contributed by atoms with Crippen molar-refractivity contribution in [2.24, 2.45) is 0 Å². The average Bonchev–Trinajstić information content (AvgIpc) is 2.47. The Labute approximate surface area is 111 Å². The van der Waals surface area contributed by atoms with Crippen LogP contribution in [0.25, 0.3) is 11.1 Å². The third-order valence-corrected chi connectivity index (χ3v) is 2.75. The number of hydroxylamine groups is 1. The van der Waals surface area contributed by atoms with Gasteiger partial charge in [0.15, 0.2) is 0 Å². The van der Waals surface area contributed by atoms with Crippen LogP contribution in [0.3, 0.4) is 0 Å². The van der Waals surface area contributed by atoms with E-state index in [9.17, 15) is 4.79 Å². The fourth-order valence-corrected chi connectivity index (χ4v) is 1.84. The molecule has 4 nitrogen and oxygen atoms in total. The topological polar surface area (TPSA) is 47.6 Å². The maximum absolute atomic E-state index is 11.9. The largest absolute Gasteiger partial charge is 0.496 e. The van der Waals surface area contributed by atoms with Crippen LogP contribution in [0, 0.1) is 0 Å². The molecular weight excluding hydrogens is 242 g/mol. The molecule has 0 unspecified atom stereocenters. The SMILES string of the molecule is CONC(=O)c1cc(-c2ccccc2)ccc1OC. The maximum atomic E-state index is 11.9. The molecule has 0 fully saturated rings. The number of hydrogen-bond donors (Lipinski definition) is 1. The van der Waals surface area contributed by atoms with Crippen LogP contribution in [-0.4, -0.2) is 20.1 Å². The lowest BCUT2D eigenvalue weighted by Crippen LogP contribution is -2.22. The molecule has 4 heteroatoms. The monoisotopic (exact) mass is 257 g/mol. The average molecular weight is 257 g/mol. The second-order valence-electron chi connectivity index (χ2n) is 3.92. The van der Waals surface area contributed by atoms with Gasteiger partial charge in [0.25, 0.3) is 5.91 Å². The van der Waals surface area contributed by atoms with E-state index in [4.69, 9.17) is 4.74 Å². The highest BCUT2D eigenvalue weighted by Gasteiger charge is 2.13. The summed E-state index contributed by atoms with van der Waals surface area (Å²) in [6, 6.07) is 15.3. The van der Waals surface area contributed by atoms with Gasteiger partial charge in [0.1, 0.15) is 5.75 Å². The van der Waals surface area contributed by atoms with Gasteiger partial charge in [-0.15, -0.1) is 0 Å². The van der Waals surface area contributed by atoms with Crippen LogP contribution < -0.4 is 10.2 Å². The molecule has 0 aromatic heterocycles. The molecule has 2 aromatic carbocycles. The van der Waals surface area contributed by atoms with Crippen LogP contribution in [0.1, 0.15) is 10.4 Å². The van der Waals surface area contributed by atoms with E-state index in [0.29, 0.717) is 11.3 Å². The van der Waals surface area contributed by atoms with Crippen LogP contribution in [0.2, 0.25) is 0 Å². The van der Waals surface area contributed by atoms with Crippen molar-refractivity contribution in [2.75, 3.05) is 14.2 Å². The van der Waals surface area contributed by atoms with Crippen molar-refractivity contribution in [2.45, 2.75) is 0 Å². The Kier molecular flexibility index (Phi) is 4.15. The third kappa shape index (κ3) is 2.92. The van der Waals surface area contributed by atoms with E-state index in [1.807, 2.05) is 36.4 Å². The van der Waals surface area contributed by atoms with Gasteiger partial charge in [0.05, 0.1) is 19.8 Å². The summed E-state index contributed by atoms with van der Waals surface area (Å²) >= 11 is 0. The van der Waals surface area contributed by atoms with E-state index in [1.165, 1.54) is 14.2 Å². The smallest absolute Gasteiger partial charge is 0.278 e. The molecule has 0 bridgehead atoms. The minimum atomic E-state index is -0.336. The van der Waals surface area contributed by atoms with Gasteiger partial charge in [-0.2, -0.15) is 0 Å². The summed E-state index contributed by atoms with van der Waals surface area (Å²) < 4.78 is 5.19. The van der Waals surface area contributed by atoms with Crippen LogP contribution in [0.4, 0.5) is 0 Å². The van der Waals surface area contributed by atoms with E-state index >= 15 is 0 Å². The Morgan fingerprint density at radius 2 is 1.74 bits per heavy atom. The summed E-state index contributed by atoms with van der Waals surface area (Å²) in [5.41, 5.74) is 4.72. The fraction of sp³-hybridized carbons (Fsp3) is 0.133. The van der Waals surface area contributed by atoms with E-state index < -0.39 is 0 Å². The number of rotatable bonds is 4. The summed E-state index contributed by atoms with van der Waals surface area (Å²) in [6.07, 6.45) is 0. The Hall–Kier alpha value is -2.33. The summed E-state index contributed by atoms with van der Waals surface area (Å²) in [6.45, 7) is 0. The zero-order chi connectivity index (χ0) is 13.7. The van der Waals surface area contributed by atoms with Crippen LogP contribution in [0.15, 0.2) is 48.5 Å². The molecule has 0 saturated carbocycles. The maximum Gasteiger partial charge on any atom is 0.278 e. The van der Waals surface area contributed by atoms with Gasteiger partial charge in [0.2, 0.25) is 0 Å². The first-order valence-corrected chi connectivity index (χ1v) is 5.83. The van der Waals surface area contributed by atoms with E-state index in [1.54, 1.807) is 12.1 Å². The minimum Gasteiger partial charge on any atom is -0.496 e. The predicted octanol–water partition coefficient (Wildman–Crippen LogP) is 2.65. The number of ether oxygens (including phenoxy) is 1. The van der Waals surface area contributed by atoms with Crippen molar-refractivity contribution in [1.29, 1.82) is 0 Å². The summed E-state index contributed by atoms with van der Waals surface area (Å²) in [5, 5.41) is 0. The van der Waals surface area contributed by atoms with Crippen LogP contribution >= 0.6 is 0 Å². The van der Waals surface area contributed by atoms with Gasteiger partial charge in [-0.1, -0.05) is 36.4 Å². The highest BCUT2D eigenvalue weighted by Crippen LogP contribution is 2.26. The van der Waals surface area contributed by atoms with E-state index in [-0.39, 0.29) is 5.91 Å². The molecule has 0 aliphatic rings. The van der Waals surface area contributed by atoms with Crippen molar-refractivity contribution < 1.29 is 14.4 Å². The molecule has 0 spiro atoms. The molecule has 0 radical (unpaired) electrons. The second-order valence-corrected chi connectivity index (χ2v) is 3.92. The zero-order valence-electron chi connectivity index (χ0n) is 10.8. The molecule has 0 aliphatic carbocycles. The quantitative estimate of drug-likeness (QED) is 0.856. The lowest BCUT2D eigenvalue weighted by Gasteiger charge is -2.10. The van der Waals surface area contributed by atoms with Crippen LogP contribution in [0.5, 0.6) is 5.75 Å². The number of amides is 1. The molecule has 0 atom stereocenters. The first kappa shape index (κ1) is 13.1. The third-order valence-electron chi connectivity index (χ3n) is 2.75. The summed E-state index contributed by atoms with van der Waals surface area (Å²) in [4.78, 5) is 16.5.